The lowest BCUT2D eigenvalue weighted by Gasteiger charge is -2.33. The highest BCUT2D eigenvalue weighted by Crippen LogP contribution is 2.25. The first-order valence-electron chi connectivity index (χ1n) is 10.0. The number of nitrogens with zero attached hydrogens (tertiary/aromatic N) is 6. The first-order chi connectivity index (χ1) is 16.2. The normalized spacial score (nSPS) is 15.0. The van der Waals surface area contributed by atoms with Crippen molar-refractivity contribution in [3.8, 4) is 36.2 Å². The van der Waals surface area contributed by atoms with Crippen LogP contribution >= 0.6 is 0 Å². The van der Waals surface area contributed by atoms with Crippen molar-refractivity contribution in [1.29, 1.82) is 5.26 Å². The van der Waals surface area contributed by atoms with Gasteiger partial charge in [-0.1, -0.05) is 0 Å². The number of terminal acetylenes is 1. The number of pyridine rings is 1. The topological polar surface area (TPSA) is 106 Å². The first kappa shape index (κ1) is 23.2. The van der Waals surface area contributed by atoms with E-state index in [1.807, 2.05) is 0 Å². The fourth-order valence-electron chi connectivity index (χ4n) is 3.45. The van der Waals surface area contributed by atoms with E-state index in [0.717, 1.165) is 12.8 Å². The van der Waals surface area contributed by atoms with E-state index in [9.17, 15) is 9.18 Å². The standard InChI is InChI=1S/C21H19FN6O3.C2H2/c22-14-30-16-3-4-18(19(11-16)28-25-7-8-26-28)21(29)27-9-1-2-17(13-27)31-20-10-15(12-23)5-6-24-20;1-2/h3-8,10-11,17H,1-2,9,13-14H2;1-2H/t17-;/m1./s1. The summed E-state index contributed by atoms with van der Waals surface area (Å²) in [6.45, 7) is -0.0451. The number of piperidine rings is 1. The monoisotopic (exact) mass is 448 g/mol. The van der Waals surface area contributed by atoms with Crippen molar-refractivity contribution in [3.63, 3.8) is 0 Å². The third-order valence-corrected chi connectivity index (χ3v) is 4.87. The Bertz CT molecular complexity index is 1140. The van der Waals surface area contributed by atoms with Crippen molar-refractivity contribution < 1.29 is 18.7 Å². The number of amides is 1. The summed E-state index contributed by atoms with van der Waals surface area (Å²) >= 11 is 0. The van der Waals surface area contributed by atoms with Crippen LogP contribution in [0.2, 0.25) is 0 Å². The van der Waals surface area contributed by atoms with Gasteiger partial charge in [0.05, 0.1) is 36.1 Å². The fourth-order valence-corrected chi connectivity index (χ4v) is 3.45. The second-order valence-corrected chi connectivity index (χ2v) is 6.88. The Morgan fingerprint density at radius 1 is 1.21 bits per heavy atom. The van der Waals surface area contributed by atoms with Crippen molar-refractivity contribution in [2.45, 2.75) is 18.9 Å². The second kappa shape index (κ2) is 11.3. The maximum absolute atomic E-state index is 13.3. The molecular formula is C23H21FN6O3. The van der Waals surface area contributed by atoms with Crippen LogP contribution in [0.3, 0.4) is 0 Å². The zero-order valence-electron chi connectivity index (χ0n) is 17.7. The van der Waals surface area contributed by atoms with Crippen LogP contribution in [0.5, 0.6) is 11.6 Å². The Labute approximate surface area is 190 Å². The average Bonchev–Trinajstić information content (AvgIpc) is 3.40. The molecule has 3 aromatic rings. The molecule has 0 aliphatic carbocycles. The number of aromatic nitrogens is 4. The molecule has 1 aliphatic heterocycles. The maximum atomic E-state index is 13.3. The molecule has 168 valence electrons. The third kappa shape index (κ3) is 5.63. The summed E-state index contributed by atoms with van der Waals surface area (Å²) in [6, 6.07) is 9.88. The number of hydrogen-bond donors (Lipinski definition) is 0. The highest BCUT2D eigenvalue weighted by molar-refractivity contribution is 5.98. The van der Waals surface area contributed by atoms with Gasteiger partial charge in [0.15, 0.2) is 0 Å². The molecule has 1 aromatic carbocycles. The van der Waals surface area contributed by atoms with E-state index in [4.69, 9.17) is 14.7 Å². The number of likely N-dealkylation sites (tertiary alicyclic amines) is 1. The van der Waals surface area contributed by atoms with Gasteiger partial charge in [-0.15, -0.1) is 12.8 Å². The summed E-state index contributed by atoms with van der Waals surface area (Å²) in [6.07, 6.45) is 13.8. The van der Waals surface area contributed by atoms with E-state index >= 15 is 0 Å². The predicted molar refractivity (Wildman–Crippen MR) is 116 cm³/mol. The highest BCUT2D eigenvalue weighted by Gasteiger charge is 2.28. The Morgan fingerprint density at radius 3 is 2.73 bits per heavy atom. The minimum atomic E-state index is -0.981. The van der Waals surface area contributed by atoms with E-state index in [0.29, 0.717) is 35.8 Å². The van der Waals surface area contributed by atoms with Crippen LogP contribution in [-0.2, 0) is 0 Å². The van der Waals surface area contributed by atoms with Gasteiger partial charge in [0.2, 0.25) is 12.7 Å². The van der Waals surface area contributed by atoms with Gasteiger partial charge < -0.3 is 14.4 Å². The van der Waals surface area contributed by atoms with E-state index in [1.54, 1.807) is 23.1 Å². The first-order valence-corrected chi connectivity index (χ1v) is 10.0. The molecule has 0 unspecified atom stereocenters. The van der Waals surface area contributed by atoms with Crippen LogP contribution in [0.1, 0.15) is 28.8 Å². The lowest BCUT2D eigenvalue weighted by Crippen LogP contribution is -2.44. The quantitative estimate of drug-likeness (QED) is 0.534. The lowest BCUT2D eigenvalue weighted by molar-refractivity contribution is 0.0527. The number of carbonyl (C=O) groups is 1. The number of ether oxygens (including phenoxy) is 2. The molecule has 9 nitrogen and oxygen atoms in total. The number of hydrogen-bond acceptors (Lipinski definition) is 7. The average molecular weight is 448 g/mol. The van der Waals surface area contributed by atoms with Crippen molar-refractivity contribution >= 4 is 5.91 Å². The van der Waals surface area contributed by atoms with E-state index in [1.165, 1.54) is 35.5 Å². The van der Waals surface area contributed by atoms with Gasteiger partial charge in [-0.2, -0.15) is 20.3 Å². The SMILES string of the molecule is C#C.N#Cc1ccnc(O[C@@H]2CCCN(C(=O)c3ccc(OCF)cc3-n3nccn3)C2)c1. The zero-order chi connectivity index (χ0) is 23.6. The Morgan fingerprint density at radius 2 is 2.00 bits per heavy atom. The van der Waals surface area contributed by atoms with Gasteiger partial charge in [0, 0.05) is 24.9 Å². The Kier molecular flexibility index (Phi) is 7.92. The minimum Gasteiger partial charge on any atom is -0.472 e. The number of nitriles is 1. The van der Waals surface area contributed by atoms with E-state index in [-0.39, 0.29) is 17.8 Å². The van der Waals surface area contributed by atoms with Crippen LogP contribution in [0.25, 0.3) is 5.69 Å². The number of benzene rings is 1. The summed E-state index contributed by atoms with van der Waals surface area (Å²) in [5.74, 6) is 0.410. The maximum Gasteiger partial charge on any atom is 0.256 e. The van der Waals surface area contributed by atoms with Crippen molar-refractivity contribution in [2.24, 2.45) is 0 Å². The predicted octanol–water partition coefficient (Wildman–Crippen LogP) is 2.77. The molecule has 1 saturated heterocycles. The van der Waals surface area contributed by atoms with Crippen LogP contribution in [-0.4, -0.2) is 56.8 Å². The number of halogens is 1. The summed E-state index contributed by atoms with van der Waals surface area (Å²) in [4.78, 5) is 20.4. The molecule has 1 aliphatic rings. The molecule has 4 rings (SSSR count). The van der Waals surface area contributed by atoms with Gasteiger partial charge >= 0.3 is 0 Å². The molecule has 3 heterocycles. The Hall–Kier alpha value is -4.44. The summed E-state index contributed by atoms with van der Waals surface area (Å²) in [5, 5.41) is 17.2. The molecule has 0 bridgehead atoms. The van der Waals surface area contributed by atoms with E-state index < -0.39 is 6.86 Å². The smallest absolute Gasteiger partial charge is 0.256 e. The lowest BCUT2D eigenvalue weighted by atomic mass is 10.1. The largest absolute Gasteiger partial charge is 0.472 e. The minimum absolute atomic E-state index is 0.217. The molecule has 0 saturated carbocycles. The molecule has 1 amide bonds. The van der Waals surface area contributed by atoms with Gasteiger partial charge in [-0.25, -0.2) is 9.37 Å². The number of rotatable bonds is 6. The molecular weight excluding hydrogens is 427 g/mol. The summed E-state index contributed by atoms with van der Waals surface area (Å²) < 4.78 is 23.4. The molecule has 10 heteroatoms. The fraction of sp³-hybridized carbons (Fsp3) is 0.261. The van der Waals surface area contributed by atoms with Gasteiger partial charge in [-0.05, 0) is 31.0 Å². The number of alkyl halides is 1. The third-order valence-electron chi connectivity index (χ3n) is 4.87. The summed E-state index contributed by atoms with van der Waals surface area (Å²) in [5.41, 5.74) is 1.22. The number of carbonyl (C=O) groups excluding carboxylic acids is 1. The van der Waals surface area contributed by atoms with Gasteiger partial charge in [0.1, 0.15) is 17.5 Å². The van der Waals surface area contributed by atoms with Gasteiger partial charge in [-0.3, -0.25) is 4.79 Å². The molecule has 1 fully saturated rings. The van der Waals surface area contributed by atoms with Crippen molar-refractivity contribution in [2.75, 3.05) is 20.0 Å². The van der Waals surface area contributed by atoms with Crippen molar-refractivity contribution in [3.05, 3.63) is 60.0 Å². The molecule has 0 spiro atoms. The Balaban J connectivity index is 0.00000149. The van der Waals surface area contributed by atoms with Crippen LogP contribution < -0.4 is 9.47 Å². The van der Waals surface area contributed by atoms with E-state index in [2.05, 4.69) is 34.1 Å². The van der Waals surface area contributed by atoms with Crippen LogP contribution in [0.15, 0.2) is 48.9 Å². The highest BCUT2D eigenvalue weighted by atomic mass is 19.1. The van der Waals surface area contributed by atoms with Gasteiger partial charge in [0.25, 0.3) is 5.91 Å². The molecule has 2 aromatic heterocycles. The molecule has 33 heavy (non-hydrogen) atoms. The molecule has 1 atom stereocenters. The molecule has 0 N–H and O–H groups in total. The van der Waals surface area contributed by atoms with Crippen molar-refractivity contribution in [1.82, 2.24) is 24.9 Å². The van der Waals surface area contributed by atoms with Crippen LogP contribution in [0.4, 0.5) is 4.39 Å². The second-order valence-electron chi connectivity index (χ2n) is 6.88. The van der Waals surface area contributed by atoms with Crippen LogP contribution in [0, 0.1) is 24.2 Å². The zero-order valence-corrected chi connectivity index (χ0v) is 17.7. The summed E-state index contributed by atoms with van der Waals surface area (Å²) in [7, 11) is 0. The molecule has 0 radical (unpaired) electrons.